The van der Waals surface area contributed by atoms with Crippen molar-refractivity contribution < 1.29 is 9.59 Å². The highest BCUT2D eigenvalue weighted by Gasteiger charge is 2.36. The molecule has 0 bridgehead atoms. The Kier molecular flexibility index (Phi) is 5.79. The summed E-state index contributed by atoms with van der Waals surface area (Å²) in [4.78, 5) is 23.7. The van der Waals surface area contributed by atoms with E-state index in [1.165, 1.54) is 0 Å². The number of nitrogens with one attached hydrogen (secondary N) is 3. The van der Waals surface area contributed by atoms with Gasteiger partial charge < -0.3 is 16.0 Å². The lowest BCUT2D eigenvalue weighted by molar-refractivity contribution is -0.129. The maximum absolute atomic E-state index is 12.1. The fraction of sp³-hybridized carbons (Fsp3) is 0.857. The summed E-state index contributed by atoms with van der Waals surface area (Å²) < 4.78 is 0. The molecule has 0 radical (unpaired) electrons. The van der Waals surface area contributed by atoms with Gasteiger partial charge in [-0.25, -0.2) is 0 Å². The molecule has 0 spiro atoms. The molecule has 19 heavy (non-hydrogen) atoms. The number of hydrogen-bond acceptors (Lipinski definition) is 3. The van der Waals surface area contributed by atoms with E-state index in [9.17, 15) is 9.59 Å². The van der Waals surface area contributed by atoms with Crippen molar-refractivity contribution in [1.82, 2.24) is 16.0 Å². The molecule has 5 nitrogen and oxygen atoms in total. The summed E-state index contributed by atoms with van der Waals surface area (Å²) in [5, 5.41) is 8.74. The van der Waals surface area contributed by atoms with Crippen LogP contribution in [0.3, 0.4) is 0 Å². The molecule has 0 aliphatic carbocycles. The van der Waals surface area contributed by atoms with E-state index in [0.717, 1.165) is 19.4 Å². The lowest BCUT2D eigenvalue weighted by atomic mass is 9.77. The van der Waals surface area contributed by atoms with Gasteiger partial charge in [-0.15, -0.1) is 0 Å². The Morgan fingerprint density at radius 3 is 2.58 bits per heavy atom. The molecule has 1 rings (SSSR count). The first kappa shape index (κ1) is 16.0. The number of rotatable bonds is 5. The summed E-state index contributed by atoms with van der Waals surface area (Å²) >= 11 is 0. The molecule has 1 heterocycles. The molecule has 3 N–H and O–H groups in total. The maximum atomic E-state index is 12.1. The number of amides is 2. The van der Waals surface area contributed by atoms with E-state index in [1.807, 2.05) is 13.8 Å². The van der Waals surface area contributed by atoms with Crippen molar-refractivity contribution >= 4 is 11.8 Å². The zero-order valence-electron chi connectivity index (χ0n) is 12.5. The Hall–Kier alpha value is -1.10. The zero-order valence-corrected chi connectivity index (χ0v) is 12.5. The fourth-order valence-corrected chi connectivity index (χ4v) is 2.31. The average molecular weight is 269 g/mol. The fourth-order valence-electron chi connectivity index (χ4n) is 2.31. The Morgan fingerprint density at radius 2 is 2.00 bits per heavy atom. The van der Waals surface area contributed by atoms with E-state index in [4.69, 9.17) is 0 Å². The van der Waals surface area contributed by atoms with Gasteiger partial charge in [0, 0.05) is 6.54 Å². The predicted octanol–water partition coefficient (Wildman–Crippen LogP) is 0.653. The van der Waals surface area contributed by atoms with E-state index >= 15 is 0 Å². The SMILES string of the molecule is CC(C)CNC(=O)CNC(=O)C1NCCCC1(C)C. The average Bonchev–Trinajstić information content (AvgIpc) is 2.32. The van der Waals surface area contributed by atoms with Crippen LogP contribution < -0.4 is 16.0 Å². The van der Waals surface area contributed by atoms with Gasteiger partial charge >= 0.3 is 0 Å². The molecule has 1 aliphatic rings. The Balaban J connectivity index is 2.36. The minimum Gasteiger partial charge on any atom is -0.354 e. The maximum Gasteiger partial charge on any atom is 0.239 e. The third kappa shape index (κ3) is 5.19. The van der Waals surface area contributed by atoms with Crippen molar-refractivity contribution in [2.24, 2.45) is 11.3 Å². The van der Waals surface area contributed by atoms with Crippen molar-refractivity contribution in [2.75, 3.05) is 19.6 Å². The molecule has 0 saturated carbocycles. The minimum absolute atomic E-state index is 0.0554. The van der Waals surface area contributed by atoms with Crippen LogP contribution in [0.15, 0.2) is 0 Å². The zero-order chi connectivity index (χ0) is 14.5. The Bertz CT molecular complexity index is 327. The highest BCUT2D eigenvalue weighted by atomic mass is 16.2. The van der Waals surface area contributed by atoms with E-state index in [1.54, 1.807) is 0 Å². The summed E-state index contributed by atoms with van der Waals surface area (Å²) in [6, 6.07) is -0.209. The van der Waals surface area contributed by atoms with Gasteiger partial charge in [0.1, 0.15) is 0 Å². The van der Waals surface area contributed by atoms with Crippen molar-refractivity contribution in [3.05, 3.63) is 0 Å². The van der Waals surface area contributed by atoms with Crippen LogP contribution in [0.1, 0.15) is 40.5 Å². The molecule has 110 valence electrons. The molecule has 0 aromatic rings. The number of hydrogen-bond donors (Lipinski definition) is 3. The molecule has 1 fully saturated rings. The van der Waals surface area contributed by atoms with Crippen LogP contribution in [-0.4, -0.2) is 37.5 Å². The molecule has 2 amide bonds. The normalized spacial score (nSPS) is 22.1. The predicted molar refractivity (Wildman–Crippen MR) is 75.7 cm³/mol. The Labute approximate surface area is 115 Å². The second kappa shape index (κ2) is 6.89. The quantitative estimate of drug-likeness (QED) is 0.686. The van der Waals surface area contributed by atoms with E-state index in [2.05, 4.69) is 29.8 Å². The first-order valence-electron chi connectivity index (χ1n) is 7.10. The van der Waals surface area contributed by atoms with Gasteiger partial charge in [-0.05, 0) is 30.7 Å². The van der Waals surface area contributed by atoms with Crippen LogP contribution in [0.2, 0.25) is 0 Å². The summed E-state index contributed by atoms with van der Waals surface area (Å²) in [6.45, 7) is 9.80. The van der Waals surface area contributed by atoms with Gasteiger partial charge in [-0.3, -0.25) is 9.59 Å². The van der Waals surface area contributed by atoms with E-state index < -0.39 is 0 Å². The third-order valence-corrected chi connectivity index (χ3v) is 3.52. The second-order valence-electron chi connectivity index (χ2n) is 6.39. The van der Waals surface area contributed by atoms with Crippen molar-refractivity contribution in [2.45, 2.75) is 46.6 Å². The number of piperidine rings is 1. The lowest BCUT2D eigenvalue weighted by Gasteiger charge is -2.38. The molecular formula is C14H27N3O2. The molecule has 1 unspecified atom stereocenters. The van der Waals surface area contributed by atoms with Gasteiger partial charge in [0.15, 0.2) is 0 Å². The molecule has 0 aromatic carbocycles. The molecule has 0 aromatic heterocycles. The van der Waals surface area contributed by atoms with E-state index in [-0.39, 0.29) is 29.8 Å². The van der Waals surface area contributed by atoms with Crippen molar-refractivity contribution in [1.29, 1.82) is 0 Å². The topological polar surface area (TPSA) is 70.2 Å². The number of carbonyl (C=O) groups is 2. The van der Waals surface area contributed by atoms with Crippen LogP contribution in [0, 0.1) is 11.3 Å². The van der Waals surface area contributed by atoms with Gasteiger partial charge in [0.05, 0.1) is 12.6 Å². The summed E-state index contributed by atoms with van der Waals surface area (Å²) in [7, 11) is 0. The summed E-state index contributed by atoms with van der Waals surface area (Å²) in [6.07, 6.45) is 2.11. The highest BCUT2D eigenvalue weighted by molar-refractivity contribution is 5.88. The lowest BCUT2D eigenvalue weighted by Crippen LogP contribution is -2.56. The molecule has 1 aliphatic heterocycles. The molecule has 1 saturated heterocycles. The minimum atomic E-state index is -0.209. The summed E-state index contributed by atoms with van der Waals surface area (Å²) in [5.41, 5.74) is -0.0588. The largest absolute Gasteiger partial charge is 0.354 e. The van der Waals surface area contributed by atoms with E-state index in [0.29, 0.717) is 12.5 Å². The highest BCUT2D eigenvalue weighted by Crippen LogP contribution is 2.29. The van der Waals surface area contributed by atoms with Crippen molar-refractivity contribution in [3.63, 3.8) is 0 Å². The molecule has 5 heteroatoms. The standard InChI is InChI=1S/C14H27N3O2/c1-10(2)8-16-11(18)9-17-13(19)12-14(3,4)6-5-7-15-12/h10,12,15H,5-9H2,1-4H3,(H,16,18)(H,17,19). The van der Waals surface area contributed by atoms with Crippen LogP contribution in [0.5, 0.6) is 0 Å². The van der Waals surface area contributed by atoms with Gasteiger partial charge in [0.2, 0.25) is 11.8 Å². The van der Waals surface area contributed by atoms with Gasteiger partial charge in [-0.1, -0.05) is 27.7 Å². The number of carbonyl (C=O) groups excluding carboxylic acids is 2. The van der Waals surface area contributed by atoms with Crippen LogP contribution >= 0.6 is 0 Å². The molecule has 1 atom stereocenters. The van der Waals surface area contributed by atoms with Crippen molar-refractivity contribution in [3.8, 4) is 0 Å². The van der Waals surface area contributed by atoms with Crippen LogP contribution in [0.25, 0.3) is 0 Å². The smallest absolute Gasteiger partial charge is 0.239 e. The molecular weight excluding hydrogens is 242 g/mol. The first-order valence-corrected chi connectivity index (χ1v) is 7.10. The van der Waals surface area contributed by atoms with Gasteiger partial charge in [-0.2, -0.15) is 0 Å². The first-order chi connectivity index (χ1) is 8.83. The monoisotopic (exact) mass is 269 g/mol. The summed E-state index contributed by atoms with van der Waals surface area (Å²) in [5.74, 6) is 0.207. The third-order valence-electron chi connectivity index (χ3n) is 3.52. The Morgan fingerprint density at radius 1 is 1.32 bits per heavy atom. The van der Waals surface area contributed by atoms with Crippen LogP contribution in [0.4, 0.5) is 0 Å². The second-order valence-corrected chi connectivity index (χ2v) is 6.39. The van der Waals surface area contributed by atoms with Crippen LogP contribution in [-0.2, 0) is 9.59 Å². The van der Waals surface area contributed by atoms with Gasteiger partial charge in [0.25, 0.3) is 0 Å².